The summed E-state index contributed by atoms with van der Waals surface area (Å²) in [4.78, 5) is 10.2. The van der Waals surface area contributed by atoms with Crippen LogP contribution in [0.15, 0.2) is 35.7 Å². The lowest BCUT2D eigenvalue weighted by Gasteiger charge is -2.14. The van der Waals surface area contributed by atoms with Crippen molar-refractivity contribution in [3.8, 4) is 0 Å². The molecule has 0 amide bonds. The molecule has 4 nitrogen and oxygen atoms in total. The average Bonchev–Trinajstić information content (AvgIpc) is 2.85. The minimum atomic E-state index is -0.408. The minimum Gasteiger partial charge on any atom is -0.306 e. The van der Waals surface area contributed by atoms with E-state index in [1.807, 2.05) is 6.92 Å². The summed E-state index contributed by atoms with van der Waals surface area (Å²) in [5.41, 5.74) is 1.42. The third-order valence-electron chi connectivity index (χ3n) is 2.80. The van der Waals surface area contributed by atoms with Gasteiger partial charge in [-0.3, -0.25) is 10.1 Å². The van der Waals surface area contributed by atoms with E-state index in [1.165, 1.54) is 12.1 Å². The Morgan fingerprint density at radius 2 is 2.21 bits per heavy atom. The SMILES string of the molecule is C[C@@H](NCc1csc([N+](=O)[O-])c1)c1ccccc1F. The Morgan fingerprint density at radius 1 is 1.47 bits per heavy atom. The highest BCUT2D eigenvalue weighted by Gasteiger charge is 2.12. The third-order valence-corrected chi connectivity index (χ3v) is 3.73. The van der Waals surface area contributed by atoms with E-state index in [2.05, 4.69) is 5.32 Å². The van der Waals surface area contributed by atoms with Gasteiger partial charge >= 0.3 is 5.00 Å². The monoisotopic (exact) mass is 280 g/mol. The van der Waals surface area contributed by atoms with E-state index in [0.717, 1.165) is 16.9 Å². The summed E-state index contributed by atoms with van der Waals surface area (Å²) in [5.74, 6) is -0.251. The van der Waals surface area contributed by atoms with Crippen LogP contribution in [0.25, 0.3) is 0 Å². The fraction of sp³-hybridized carbons (Fsp3) is 0.231. The first-order valence-corrected chi connectivity index (χ1v) is 6.65. The van der Waals surface area contributed by atoms with Crippen LogP contribution in [-0.4, -0.2) is 4.92 Å². The molecule has 0 spiro atoms. The zero-order valence-corrected chi connectivity index (χ0v) is 11.1. The number of thiophene rings is 1. The smallest absolute Gasteiger partial charge is 0.306 e. The molecule has 0 fully saturated rings. The van der Waals surface area contributed by atoms with Crippen molar-refractivity contribution in [2.45, 2.75) is 19.5 Å². The fourth-order valence-electron chi connectivity index (χ4n) is 1.76. The van der Waals surface area contributed by atoms with Crippen molar-refractivity contribution < 1.29 is 9.31 Å². The molecule has 0 saturated heterocycles. The number of rotatable bonds is 5. The molecular formula is C13H13FN2O2S. The Labute approximate surface area is 114 Å². The predicted molar refractivity (Wildman–Crippen MR) is 72.6 cm³/mol. The lowest BCUT2D eigenvalue weighted by molar-refractivity contribution is -0.380. The second-order valence-electron chi connectivity index (χ2n) is 4.17. The van der Waals surface area contributed by atoms with Gasteiger partial charge in [0, 0.05) is 29.6 Å². The van der Waals surface area contributed by atoms with Gasteiger partial charge in [0.25, 0.3) is 0 Å². The number of nitrogens with one attached hydrogen (secondary N) is 1. The number of hydrogen-bond acceptors (Lipinski definition) is 4. The van der Waals surface area contributed by atoms with Crippen LogP contribution in [0, 0.1) is 15.9 Å². The molecule has 1 N–H and O–H groups in total. The third kappa shape index (κ3) is 3.36. The maximum Gasteiger partial charge on any atom is 0.324 e. The normalized spacial score (nSPS) is 12.3. The molecule has 0 unspecified atom stereocenters. The summed E-state index contributed by atoms with van der Waals surface area (Å²) in [6.45, 7) is 2.33. The molecule has 0 bridgehead atoms. The Kier molecular flexibility index (Phi) is 4.24. The topological polar surface area (TPSA) is 55.2 Å². The molecule has 1 heterocycles. The summed E-state index contributed by atoms with van der Waals surface area (Å²) in [6, 6.07) is 7.96. The molecule has 0 aliphatic rings. The van der Waals surface area contributed by atoms with Crippen molar-refractivity contribution in [1.82, 2.24) is 5.32 Å². The Bertz CT molecular complexity index is 586. The summed E-state index contributed by atoms with van der Waals surface area (Å²) < 4.78 is 13.5. The largest absolute Gasteiger partial charge is 0.324 e. The van der Waals surface area contributed by atoms with Crippen LogP contribution in [0.5, 0.6) is 0 Å². The number of benzene rings is 1. The van der Waals surface area contributed by atoms with E-state index in [0.29, 0.717) is 12.1 Å². The summed E-state index contributed by atoms with van der Waals surface area (Å²) >= 11 is 1.10. The van der Waals surface area contributed by atoms with Crippen molar-refractivity contribution in [2.24, 2.45) is 0 Å². The zero-order chi connectivity index (χ0) is 13.8. The molecule has 1 aromatic carbocycles. The molecule has 19 heavy (non-hydrogen) atoms. The van der Waals surface area contributed by atoms with Crippen molar-refractivity contribution in [1.29, 1.82) is 0 Å². The molecular weight excluding hydrogens is 267 g/mol. The molecule has 100 valence electrons. The van der Waals surface area contributed by atoms with Crippen molar-refractivity contribution in [2.75, 3.05) is 0 Å². The lowest BCUT2D eigenvalue weighted by Crippen LogP contribution is -2.18. The van der Waals surface area contributed by atoms with Crippen LogP contribution in [0.1, 0.15) is 24.1 Å². The van der Waals surface area contributed by atoms with Gasteiger partial charge in [-0.15, -0.1) is 0 Å². The molecule has 2 aromatic rings. The van der Waals surface area contributed by atoms with Crippen LogP contribution < -0.4 is 5.32 Å². The molecule has 1 aromatic heterocycles. The maximum absolute atomic E-state index is 13.5. The van der Waals surface area contributed by atoms with Gasteiger partial charge in [0.15, 0.2) is 0 Å². The molecule has 1 atom stereocenters. The quantitative estimate of drug-likeness (QED) is 0.672. The lowest BCUT2D eigenvalue weighted by atomic mass is 10.1. The summed E-state index contributed by atoms with van der Waals surface area (Å²) in [7, 11) is 0. The molecule has 0 aliphatic heterocycles. The summed E-state index contributed by atoms with van der Waals surface area (Å²) in [6.07, 6.45) is 0. The second kappa shape index (κ2) is 5.90. The number of hydrogen-bond donors (Lipinski definition) is 1. The number of nitro groups is 1. The van der Waals surface area contributed by atoms with Crippen molar-refractivity contribution >= 4 is 16.3 Å². The van der Waals surface area contributed by atoms with Gasteiger partial charge in [-0.1, -0.05) is 29.5 Å². The van der Waals surface area contributed by atoms with E-state index in [-0.39, 0.29) is 16.9 Å². The highest BCUT2D eigenvalue weighted by molar-refractivity contribution is 7.13. The van der Waals surface area contributed by atoms with E-state index >= 15 is 0 Å². The number of halogens is 1. The van der Waals surface area contributed by atoms with Crippen LogP contribution >= 0.6 is 11.3 Å². The summed E-state index contributed by atoms with van der Waals surface area (Å²) in [5, 5.41) is 15.6. The highest BCUT2D eigenvalue weighted by atomic mass is 32.1. The van der Waals surface area contributed by atoms with Gasteiger partial charge in [-0.05, 0) is 18.6 Å². The van der Waals surface area contributed by atoms with Gasteiger partial charge < -0.3 is 5.32 Å². The maximum atomic E-state index is 13.5. The van der Waals surface area contributed by atoms with Crippen LogP contribution in [0.2, 0.25) is 0 Å². The fourth-order valence-corrected chi connectivity index (χ4v) is 2.49. The van der Waals surface area contributed by atoms with Crippen molar-refractivity contribution in [3.63, 3.8) is 0 Å². The van der Waals surface area contributed by atoms with Crippen molar-refractivity contribution in [3.05, 3.63) is 62.8 Å². The average molecular weight is 280 g/mol. The van der Waals surface area contributed by atoms with Gasteiger partial charge in [-0.25, -0.2) is 4.39 Å². The van der Waals surface area contributed by atoms with E-state index in [1.54, 1.807) is 23.6 Å². The van der Waals surface area contributed by atoms with Gasteiger partial charge in [-0.2, -0.15) is 0 Å². The molecule has 0 aliphatic carbocycles. The molecule has 0 radical (unpaired) electrons. The van der Waals surface area contributed by atoms with E-state index < -0.39 is 4.92 Å². The molecule has 0 saturated carbocycles. The first kappa shape index (κ1) is 13.6. The first-order chi connectivity index (χ1) is 9.08. The number of nitrogens with zero attached hydrogens (tertiary/aromatic N) is 1. The molecule has 2 rings (SSSR count). The Morgan fingerprint density at radius 3 is 2.84 bits per heavy atom. The Balaban J connectivity index is 1.98. The van der Waals surface area contributed by atoms with E-state index in [9.17, 15) is 14.5 Å². The zero-order valence-electron chi connectivity index (χ0n) is 10.3. The standard InChI is InChI=1S/C13H13FN2O2S/c1-9(11-4-2-3-5-12(11)14)15-7-10-6-13(16(17)18)19-8-10/h2-6,8-9,15H,7H2,1H3/t9-/m1/s1. The van der Waals surface area contributed by atoms with Gasteiger partial charge in [0.05, 0.1) is 4.92 Å². The van der Waals surface area contributed by atoms with Gasteiger partial charge in [0.2, 0.25) is 0 Å². The van der Waals surface area contributed by atoms with Gasteiger partial charge in [0.1, 0.15) is 5.82 Å². The predicted octanol–water partition coefficient (Wildman–Crippen LogP) is 3.65. The first-order valence-electron chi connectivity index (χ1n) is 5.77. The van der Waals surface area contributed by atoms with Crippen LogP contribution in [0.4, 0.5) is 9.39 Å². The second-order valence-corrected chi connectivity index (χ2v) is 5.06. The molecule has 6 heteroatoms. The minimum absolute atomic E-state index is 0.121. The highest BCUT2D eigenvalue weighted by Crippen LogP contribution is 2.23. The van der Waals surface area contributed by atoms with Crippen LogP contribution in [0.3, 0.4) is 0 Å². The van der Waals surface area contributed by atoms with Crippen LogP contribution in [-0.2, 0) is 6.54 Å². The Hall–Kier alpha value is -1.79. The van der Waals surface area contributed by atoms with E-state index in [4.69, 9.17) is 0 Å².